The lowest BCUT2D eigenvalue weighted by atomic mass is 10.3. The van der Waals surface area contributed by atoms with Gasteiger partial charge in [0.1, 0.15) is 17.4 Å². The van der Waals surface area contributed by atoms with Crippen LogP contribution in [0.4, 0.5) is 16.3 Å². The van der Waals surface area contributed by atoms with Crippen LogP contribution in [-0.4, -0.2) is 45.5 Å². The SMILES string of the molecule is CCOc1ccccc1NC(=O)NCCNc1cc(-n2nc(C)cc2C)nc(C)n1. The van der Waals surface area contributed by atoms with E-state index in [-0.39, 0.29) is 6.03 Å². The molecule has 0 unspecified atom stereocenters. The van der Waals surface area contributed by atoms with E-state index < -0.39 is 0 Å². The van der Waals surface area contributed by atoms with E-state index in [0.29, 0.717) is 48.6 Å². The third kappa shape index (κ3) is 5.47. The minimum atomic E-state index is -0.300. The molecule has 3 aromatic rings. The Kier molecular flexibility index (Phi) is 6.84. The first-order chi connectivity index (χ1) is 14.5. The zero-order valence-electron chi connectivity index (χ0n) is 17.7. The lowest BCUT2D eigenvalue weighted by Gasteiger charge is -2.13. The molecular formula is C21H27N7O2. The summed E-state index contributed by atoms with van der Waals surface area (Å²) in [4.78, 5) is 21.0. The van der Waals surface area contributed by atoms with Crippen LogP contribution in [0.1, 0.15) is 24.1 Å². The Morgan fingerprint density at radius 3 is 2.63 bits per heavy atom. The van der Waals surface area contributed by atoms with E-state index in [9.17, 15) is 4.79 Å². The number of hydrogen-bond donors (Lipinski definition) is 3. The molecule has 0 saturated heterocycles. The van der Waals surface area contributed by atoms with Crippen LogP contribution in [0.5, 0.6) is 5.75 Å². The molecule has 1 aromatic carbocycles. The van der Waals surface area contributed by atoms with Gasteiger partial charge in [-0.2, -0.15) is 5.10 Å². The second-order valence-electron chi connectivity index (χ2n) is 6.73. The number of carbonyl (C=O) groups excluding carboxylic acids is 1. The van der Waals surface area contributed by atoms with Crippen LogP contribution in [0, 0.1) is 20.8 Å². The molecule has 158 valence electrons. The lowest BCUT2D eigenvalue weighted by Crippen LogP contribution is -2.32. The minimum absolute atomic E-state index is 0.300. The first-order valence-corrected chi connectivity index (χ1v) is 9.86. The van der Waals surface area contributed by atoms with E-state index in [0.717, 1.165) is 11.4 Å². The molecule has 9 heteroatoms. The van der Waals surface area contributed by atoms with Crippen molar-refractivity contribution in [2.24, 2.45) is 0 Å². The number of nitrogens with one attached hydrogen (secondary N) is 3. The molecular weight excluding hydrogens is 382 g/mol. The summed E-state index contributed by atoms with van der Waals surface area (Å²) in [5, 5.41) is 13.3. The van der Waals surface area contributed by atoms with Crippen molar-refractivity contribution in [1.29, 1.82) is 0 Å². The topological polar surface area (TPSA) is 106 Å². The maximum atomic E-state index is 12.2. The molecule has 0 fully saturated rings. The molecule has 0 aliphatic heterocycles. The predicted octanol–water partition coefficient (Wildman–Crippen LogP) is 3.22. The number of amides is 2. The largest absolute Gasteiger partial charge is 0.492 e. The number of benzene rings is 1. The van der Waals surface area contributed by atoms with Gasteiger partial charge in [-0.1, -0.05) is 12.1 Å². The normalized spacial score (nSPS) is 10.5. The van der Waals surface area contributed by atoms with Gasteiger partial charge in [0.05, 0.1) is 18.0 Å². The first kappa shape index (κ1) is 21.1. The van der Waals surface area contributed by atoms with E-state index in [2.05, 4.69) is 31.0 Å². The molecule has 0 spiro atoms. The van der Waals surface area contributed by atoms with Crippen molar-refractivity contribution < 1.29 is 9.53 Å². The van der Waals surface area contributed by atoms with Crippen molar-refractivity contribution in [3.63, 3.8) is 0 Å². The highest BCUT2D eigenvalue weighted by atomic mass is 16.5. The Balaban J connectivity index is 1.53. The van der Waals surface area contributed by atoms with Crippen molar-refractivity contribution in [3.05, 3.63) is 53.6 Å². The molecule has 9 nitrogen and oxygen atoms in total. The van der Waals surface area contributed by atoms with E-state index in [4.69, 9.17) is 4.74 Å². The van der Waals surface area contributed by atoms with Crippen LogP contribution >= 0.6 is 0 Å². The predicted molar refractivity (Wildman–Crippen MR) is 116 cm³/mol. The van der Waals surface area contributed by atoms with E-state index in [1.807, 2.05) is 58.0 Å². The lowest BCUT2D eigenvalue weighted by molar-refractivity contribution is 0.252. The fraction of sp³-hybridized carbons (Fsp3) is 0.333. The number of urea groups is 1. The molecule has 0 atom stereocenters. The van der Waals surface area contributed by atoms with Crippen LogP contribution in [-0.2, 0) is 0 Å². The third-order valence-electron chi connectivity index (χ3n) is 4.20. The summed E-state index contributed by atoms with van der Waals surface area (Å²) < 4.78 is 7.30. The molecule has 3 N–H and O–H groups in total. The number of hydrogen-bond acceptors (Lipinski definition) is 6. The number of nitrogens with zero attached hydrogens (tertiary/aromatic N) is 4. The molecule has 3 rings (SSSR count). The average molecular weight is 409 g/mol. The van der Waals surface area contributed by atoms with E-state index in [1.54, 1.807) is 10.7 Å². The summed E-state index contributed by atoms with van der Waals surface area (Å²) in [7, 11) is 0. The van der Waals surface area contributed by atoms with Gasteiger partial charge in [0, 0.05) is 24.8 Å². The van der Waals surface area contributed by atoms with Crippen LogP contribution < -0.4 is 20.7 Å². The summed E-state index contributed by atoms with van der Waals surface area (Å²) in [6.45, 7) is 9.12. The van der Waals surface area contributed by atoms with Gasteiger partial charge in [-0.25, -0.2) is 19.4 Å². The Morgan fingerprint density at radius 2 is 1.90 bits per heavy atom. The summed E-state index contributed by atoms with van der Waals surface area (Å²) in [5.41, 5.74) is 2.56. The Labute approximate surface area is 175 Å². The van der Waals surface area contributed by atoms with E-state index >= 15 is 0 Å². The number of ether oxygens (including phenoxy) is 1. The molecule has 0 radical (unpaired) electrons. The van der Waals surface area contributed by atoms with Crippen LogP contribution in [0.15, 0.2) is 36.4 Å². The first-order valence-electron chi connectivity index (χ1n) is 9.86. The second kappa shape index (κ2) is 9.73. The summed E-state index contributed by atoms with van der Waals surface area (Å²) in [6, 6.07) is 10.9. The van der Waals surface area contributed by atoms with Gasteiger partial charge < -0.3 is 20.7 Å². The van der Waals surface area contributed by atoms with Gasteiger partial charge in [-0.15, -0.1) is 0 Å². The highest BCUT2D eigenvalue weighted by Crippen LogP contribution is 2.23. The standard InChI is InChI=1S/C21H27N7O2/c1-5-30-18-9-7-6-8-17(18)26-21(29)23-11-10-22-19-13-20(25-16(4)24-19)28-15(3)12-14(2)27-28/h6-9,12-13H,5,10-11H2,1-4H3,(H,22,24,25)(H2,23,26,29). The maximum Gasteiger partial charge on any atom is 0.319 e. The van der Waals surface area contributed by atoms with Gasteiger partial charge in [0.15, 0.2) is 5.82 Å². The molecule has 0 saturated carbocycles. The highest BCUT2D eigenvalue weighted by molar-refractivity contribution is 5.90. The number of para-hydroxylation sites is 2. The number of aromatic nitrogens is 4. The summed E-state index contributed by atoms with van der Waals surface area (Å²) >= 11 is 0. The van der Waals surface area contributed by atoms with Crippen LogP contribution in [0.3, 0.4) is 0 Å². The van der Waals surface area contributed by atoms with Gasteiger partial charge in [0.2, 0.25) is 0 Å². The fourth-order valence-corrected chi connectivity index (χ4v) is 3.00. The minimum Gasteiger partial charge on any atom is -0.492 e. The van der Waals surface area contributed by atoms with Gasteiger partial charge >= 0.3 is 6.03 Å². The number of carbonyl (C=O) groups is 1. The molecule has 30 heavy (non-hydrogen) atoms. The number of anilines is 2. The molecule has 0 aliphatic rings. The van der Waals surface area contributed by atoms with Crippen LogP contribution in [0.2, 0.25) is 0 Å². The zero-order valence-corrected chi connectivity index (χ0v) is 17.7. The summed E-state index contributed by atoms with van der Waals surface area (Å²) in [6.07, 6.45) is 0. The molecule has 0 aliphatic carbocycles. The van der Waals surface area contributed by atoms with Crippen molar-refractivity contribution in [2.45, 2.75) is 27.7 Å². The van der Waals surface area contributed by atoms with Gasteiger partial charge in [-0.3, -0.25) is 0 Å². The smallest absolute Gasteiger partial charge is 0.319 e. The number of aryl methyl sites for hydroxylation is 3. The quantitative estimate of drug-likeness (QED) is 0.493. The van der Waals surface area contributed by atoms with Crippen molar-refractivity contribution in [2.75, 3.05) is 30.3 Å². The third-order valence-corrected chi connectivity index (χ3v) is 4.20. The highest BCUT2D eigenvalue weighted by Gasteiger charge is 2.09. The van der Waals surface area contributed by atoms with Gasteiger partial charge in [-0.05, 0) is 45.9 Å². The van der Waals surface area contributed by atoms with Crippen molar-refractivity contribution >= 4 is 17.5 Å². The maximum absolute atomic E-state index is 12.2. The summed E-state index contributed by atoms with van der Waals surface area (Å²) in [5.74, 6) is 2.66. The average Bonchev–Trinajstić information content (AvgIpc) is 3.05. The van der Waals surface area contributed by atoms with Crippen molar-refractivity contribution in [1.82, 2.24) is 25.1 Å². The van der Waals surface area contributed by atoms with E-state index in [1.165, 1.54) is 0 Å². The molecule has 2 aromatic heterocycles. The Hall–Kier alpha value is -3.62. The molecule has 2 heterocycles. The molecule has 2 amide bonds. The Bertz CT molecular complexity index is 1020. The fourth-order valence-electron chi connectivity index (χ4n) is 3.00. The van der Waals surface area contributed by atoms with Crippen LogP contribution in [0.25, 0.3) is 5.82 Å². The monoisotopic (exact) mass is 409 g/mol. The van der Waals surface area contributed by atoms with Crippen molar-refractivity contribution in [3.8, 4) is 11.6 Å². The number of rotatable bonds is 8. The second-order valence-corrected chi connectivity index (χ2v) is 6.73. The molecule has 0 bridgehead atoms. The van der Waals surface area contributed by atoms with Gasteiger partial charge in [0.25, 0.3) is 0 Å². The zero-order chi connectivity index (χ0) is 21.5. The Morgan fingerprint density at radius 1 is 1.10 bits per heavy atom.